The van der Waals surface area contributed by atoms with E-state index < -0.39 is 11.9 Å². The third-order valence-electron chi connectivity index (χ3n) is 3.18. The Hall–Kier alpha value is -2.97. The molecule has 110 valence electrons. The van der Waals surface area contributed by atoms with Crippen LogP contribution in [0.25, 0.3) is 22.6 Å². The number of hydrogen-bond donors (Lipinski definition) is 0. The molecule has 9 heteroatoms. The Morgan fingerprint density at radius 1 is 1.05 bits per heavy atom. The zero-order valence-corrected chi connectivity index (χ0v) is 10.9. The zero-order chi connectivity index (χ0) is 15.3. The summed E-state index contributed by atoms with van der Waals surface area (Å²) in [6.07, 6.45) is -0.579. The lowest BCUT2D eigenvalue weighted by Crippen LogP contribution is -2.17. The maximum atomic E-state index is 13.3. The molecule has 1 aromatic carbocycles. The van der Waals surface area contributed by atoms with E-state index in [1.165, 1.54) is 27.8 Å². The van der Waals surface area contributed by atoms with E-state index in [-0.39, 0.29) is 11.6 Å². The Morgan fingerprint density at radius 2 is 1.86 bits per heavy atom. The number of hydrogen-bond acceptors (Lipinski definition) is 4. The van der Waals surface area contributed by atoms with Gasteiger partial charge in [-0.3, -0.25) is 4.57 Å². The molecular formula is C13H7F3N6. The van der Waals surface area contributed by atoms with Gasteiger partial charge < -0.3 is 0 Å². The molecule has 0 unspecified atom stereocenters. The van der Waals surface area contributed by atoms with Crippen molar-refractivity contribution in [3.05, 3.63) is 48.7 Å². The third kappa shape index (κ3) is 1.82. The Balaban J connectivity index is 2.08. The fraction of sp³-hybridized carbons (Fsp3) is 0.0769. The molecule has 0 bridgehead atoms. The SMILES string of the molecule is FC(F)(F)c1nc2nccn2nc1-n1cnc2ccccc21. The molecule has 0 aliphatic carbocycles. The van der Waals surface area contributed by atoms with Crippen LogP contribution in [0.1, 0.15) is 5.69 Å². The quantitative estimate of drug-likeness (QED) is 0.542. The lowest BCUT2D eigenvalue weighted by atomic mass is 10.3. The number of rotatable bonds is 1. The van der Waals surface area contributed by atoms with Gasteiger partial charge in [-0.05, 0) is 12.1 Å². The van der Waals surface area contributed by atoms with Crippen LogP contribution in [-0.4, -0.2) is 29.1 Å². The minimum atomic E-state index is -4.65. The van der Waals surface area contributed by atoms with Gasteiger partial charge in [0.2, 0.25) is 0 Å². The van der Waals surface area contributed by atoms with Crippen molar-refractivity contribution in [2.75, 3.05) is 0 Å². The van der Waals surface area contributed by atoms with Crippen molar-refractivity contribution >= 4 is 16.8 Å². The number of nitrogens with zero attached hydrogens (tertiary/aromatic N) is 6. The summed E-state index contributed by atoms with van der Waals surface area (Å²) in [7, 11) is 0. The highest BCUT2D eigenvalue weighted by atomic mass is 19.4. The van der Waals surface area contributed by atoms with E-state index in [0.717, 1.165) is 0 Å². The lowest BCUT2D eigenvalue weighted by molar-refractivity contribution is -0.141. The van der Waals surface area contributed by atoms with Gasteiger partial charge in [0.25, 0.3) is 5.78 Å². The van der Waals surface area contributed by atoms with Gasteiger partial charge in [0, 0.05) is 6.20 Å². The highest BCUT2D eigenvalue weighted by molar-refractivity contribution is 5.77. The van der Waals surface area contributed by atoms with Crippen molar-refractivity contribution in [3.63, 3.8) is 0 Å². The number of aromatic nitrogens is 6. The number of imidazole rings is 2. The topological polar surface area (TPSA) is 60.9 Å². The molecule has 0 spiro atoms. The molecule has 0 saturated carbocycles. The summed E-state index contributed by atoms with van der Waals surface area (Å²) in [6.45, 7) is 0. The van der Waals surface area contributed by atoms with E-state index in [4.69, 9.17) is 0 Å². The maximum absolute atomic E-state index is 13.3. The Labute approximate surface area is 120 Å². The van der Waals surface area contributed by atoms with E-state index >= 15 is 0 Å². The van der Waals surface area contributed by atoms with Gasteiger partial charge in [-0.15, -0.1) is 5.10 Å². The molecule has 0 amide bonds. The van der Waals surface area contributed by atoms with E-state index in [1.54, 1.807) is 24.3 Å². The van der Waals surface area contributed by atoms with Crippen molar-refractivity contribution in [2.45, 2.75) is 6.18 Å². The van der Waals surface area contributed by atoms with E-state index in [1.807, 2.05) is 0 Å². The second-order valence-corrected chi connectivity index (χ2v) is 4.56. The van der Waals surface area contributed by atoms with Crippen LogP contribution in [0.5, 0.6) is 0 Å². The molecule has 0 aliphatic rings. The number of benzene rings is 1. The normalized spacial score (nSPS) is 12.3. The molecular weight excluding hydrogens is 297 g/mol. The molecule has 6 nitrogen and oxygen atoms in total. The van der Waals surface area contributed by atoms with Gasteiger partial charge in [0.15, 0.2) is 11.5 Å². The van der Waals surface area contributed by atoms with Gasteiger partial charge in [-0.2, -0.15) is 13.2 Å². The monoisotopic (exact) mass is 304 g/mol. The van der Waals surface area contributed by atoms with Gasteiger partial charge in [-0.1, -0.05) is 12.1 Å². The van der Waals surface area contributed by atoms with Crippen molar-refractivity contribution < 1.29 is 13.2 Å². The van der Waals surface area contributed by atoms with Gasteiger partial charge >= 0.3 is 6.18 Å². The number of halogens is 3. The van der Waals surface area contributed by atoms with E-state index in [0.29, 0.717) is 11.0 Å². The summed E-state index contributed by atoms with van der Waals surface area (Å²) in [5.74, 6) is -0.452. The predicted molar refractivity (Wildman–Crippen MR) is 70.4 cm³/mol. The van der Waals surface area contributed by atoms with Crippen LogP contribution in [0.2, 0.25) is 0 Å². The maximum Gasteiger partial charge on any atom is 0.437 e. The highest BCUT2D eigenvalue weighted by Crippen LogP contribution is 2.32. The molecule has 0 atom stereocenters. The number of para-hydroxylation sites is 2. The summed E-state index contributed by atoms with van der Waals surface area (Å²) in [6, 6.07) is 6.86. The fourth-order valence-corrected chi connectivity index (χ4v) is 2.23. The lowest BCUT2D eigenvalue weighted by Gasteiger charge is -2.12. The van der Waals surface area contributed by atoms with Crippen molar-refractivity contribution in [1.29, 1.82) is 0 Å². The van der Waals surface area contributed by atoms with Gasteiger partial charge in [0.1, 0.15) is 6.33 Å². The summed E-state index contributed by atoms with van der Waals surface area (Å²) in [4.78, 5) is 11.4. The second kappa shape index (κ2) is 4.26. The fourth-order valence-electron chi connectivity index (χ4n) is 2.23. The van der Waals surface area contributed by atoms with Crippen LogP contribution in [0, 0.1) is 0 Å². The third-order valence-corrected chi connectivity index (χ3v) is 3.18. The molecule has 4 aromatic rings. The van der Waals surface area contributed by atoms with Crippen LogP contribution in [0.4, 0.5) is 13.2 Å². The summed E-state index contributed by atoms with van der Waals surface area (Å²) in [5, 5.41) is 3.99. The first-order chi connectivity index (χ1) is 10.5. The standard InChI is InChI=1S/C13H7F3N6/c14-13(15,16)10-11(20-22-6-5-17-12(22)19-10)21-7-18-8-3-1-2-4-9(8)21/h1-7H. The van der Waals surface area contributed by atoms with Gasteiger partial charge in [-0.25, -0.2) is 19.5 Å². The van der Waals surface area contributed by atoms with Crippen LogP contribution < -0.4 is 0 Å². The van der Waals surface area contributed by atoms with Crippen LogP contribution in [-0.2, 0) is 6.18 Å². The zero-order valence-electron chi connectivity index (χ0n) is 10.9. The first-order valence-electron chi connectivity index (χ1n) is 6.25. The first kappa shape index (κ1) is 12.7. The summed E-state index contributed by atoms with van der Waals surface area (Å²) >= 11 is 0. The van der Waals surface area contributed by atoms with Crippen LogP contribution in [0.3, 0.4) is 0 Å². The Morgan fingerprint density at radius 3 is 2.68 bits per heavy atom. The number of fused-ring (bicyclic) bond motifs is 2. The minimum absolute atomic E-state index is 0.111. The predicted octanol–water partition coefficient (Wildman–Crippen LogP) is 2.48. The average Bonchev–Trinajstić information content (AvgIpc) is 3.11. The molecule has 4 rings (SSSR count). The Kier molecular flexibility index (Phi) is 2.47. The molecule has 0 radical (unpaired) electrons. The average molecular weight is 304 g/mol. The van der Waals surface area contributed by atoms with Crippen LogP contribution >= 0.6 is 0 Å². The molecule has 0 aliphatic heterocycles. The number of alkyl halides is 3. The van der Waals surface area contributed by atoms with Crippen molar-refractivity contribution in [3.8, 4) is 5.82 Å². The van der Waals surface area contributed by atoms with Crippen LogP contribution in [0.15, 0.2) is 43.0 Å². The first-order valence-corrected chi connectivity index (χ1v) is 6.25. The smallest absolute Gasteiger partial charge is 0.280 e. The summed E-state index contributed by atoms with van der Waals surface area (Å²) in [5.41, 5.74) is -0.0146. The van der Waals surface area contributed by atoms with Crippen molar-refractivity contribution in [2.24, 2.45) is 0 Å². The van der Waals surface area contributed by atoms with Gasteiger partial charge in [0.05, 0.1) is 17.2 Å². The molecule has 22 heavy (non-hydrogen) atoms. The summed E-state index contributed by atoms with van der Waals surface area (Å²) < 4.78 is 42.4. The Bertz CT molecular complexity index is 984. The molecule has 0 fully saturated rings. The van der Waals surface area contributed by atoms with Crippen molar-refractivity contribution in [1.82, 2.24) is 29.1 Å². The highest BCUT2D eigenvalue weighted by Gasteiger charge is 2.38. The molecule has 0 N–H and O–H groups in total. The largest absolute Gasteiger partial charge is 0.437 e. The molecule has 0 saturated heterocycles. The van der Waals surface area contributed by atoms with E-state index in [2.05, 4.69) is 20.1 Å². The minimum Gasteiger partial charge on any atom is -0.280 e. The molecule has 3 heterocycles. The van der Waals surface area contributed by atoms with E-state index in [9.17, 15) is 13.2 Å². The second-order valence-electron chi connectivity index (χ2n) is 4.56. The molecule has 3 aromatic heterocycles.